The van der Waals surface area contributed by atoms with Crippen molar-refractivity contribution in [2.75, 3.05) is 192 Å². The molecule has 2 aliphatic heterocycles. The van der Waals surface area contributed by atoms with Crippen LogP contribution < -0.4 is 31.1 Å². The van der Waals surface area contributed by atoms with Crippen LogP contribution in [0.1, 0.15) is 24.0 Å². The van der Waals surface area contributed by atoms with Gasteiger partial charge in [0.05, 0.1) is 147 Å². The Labute approximate surface area is 427 Å². The lowest BCUT2D eigenvalue weighted by atomic mass is 10.1. The average Bonchev–Trinajstić information content (AvgIpc) is 3.30. The summed E-state index contributed by atoms with van der Waals surface area (Å²) in [6, 6.07) is 9.77. The zero-order valence-corrected chi connectivity index (χ0v) is 44.6. The van der Waals surface area contributed by atoms with Crippen molar-refractivity contribution in [1.82, 2.24) is 29.9 Å². The molecule has 0 spiro atoms. The number of benzene rings is 2. The smallest absolute Gasteiger partial charge is 0.295 e. The van der Waals surface area contributed by atoms with Crippen LogP contribution in [0.2, 0.25) is 0 Å². The number of quaternary nitrogens is 4. The van der Waals surface area contributed by atoms with Crippen LogP contribution in [-0.2, 0) is 19.5 Å². The first-order valence-electron chi connectivity index (χ1n) is 24.2. The van der Waals surface area contributed by atoms with Crippen molar-refractivity contribution < 1.29 is 55.7 Å². The second-order valence-corrected chi connectivity index (χ2v) is 23.1. The van der Waals surface area contributed by atoms with E-state index in [4.69, 9.17) is 34.5 Å². The van der Waals surface area contributed by atoms with Gasteiger partial charge in [0.1, 0.15) is 18.0 Å². The highest BCUT2D eigenvalue weighted by atomic mass is 32.2. The summed E-state index contributed by atoms with van der Waals surface area (Å²) in [6.45, 7) is 10.7. The molecule has 4 aromatic rings. The van der Waals surface area contributed by atoms with Crippen molar-refractivity contribution in [2.24, 2.45) is 0 Å². The monoisotopic (exact) mass is 1040 g/mol. The molecular weight excluding hydrogens is 969 g/mol. The van der Waals surface area contributed by atoms with Gasteiger partial charge in [0.2, 0.25) is 35.7 Å². The van der Waals surface area contributed by atoms with Gasteiger partial charge >= 0.3 is 0 Å². The van der Waals surface area contributed by atoms with Crippen LogP contribution in [0.25, 0.3) is 12.2 Å². The normalized spacial score (nSPS) is 16.3. The number of aliphatic hydroxyl groups excluding tert-OH is 2. The minimum atomic E-state index is -4.75. The zero-order chi connectivity index (χ0) is 52.2. The number of hydrogen-bond donors (Lipinski definition) is 8. The molecule has 2 aromatic heterocycles. The third kappa shape index (κ3) is 17.3. The number of anilines is 8. The molecule has 8 N–H and O–H groups in total. The van der Waals surface area contributed by atoms with E-state index in [1.54, 1.807) is 36.4 Å². The fraction of sp³-hybridized carbons (Fsp3) is 0.565. The van der Waals surface area contributed by atoms with Gasteiger partial charge in [0.25, 0.3) is 10.1 Å². The third-order valence-corrected chi connectivity index (χ3v) is 14.3. The first-order valence-corrected chi connectivity index (χ1v) is 26.4. The third-order valence-electron chi connectivity index (χ3n) is 12.7. The van der Waals surface area contributed by atoms with Crippen molar-refractivity contribution in [3.8, 4) is 0 Å². The second kappa shape index (κ2) is 24.8. The molecule has 0 radical (unpaired) electrons. The predicted molar refractivity (Wildman–Crippen MR) is 281 cm³/mol. The van der Waals surface area contributed by atoms with Gasteiger partial charge in [-0.05, 0) is 35.4 Å². The van der Waals surface area contributed by atoms with E-state index in [2.05, 4.69) is 97.5 Å². The summed E-state index contributed by atoms with van der Waals surface area (Å²) in [5, 5.41) is 45.4. The van der Waals surface area contributed by atoms with Crippen LogP contribution >= 0.6 is 12.0 Å². The minimum absolute atomic E-state index is 0.104. The molecule has 0 aliphatic carbocycles. The molecule has 0 amide bonds. The van der Waals surface area contributed by atoms with E-state index >= 15 is 0 Å². The number of aromatic nitrogens is 6. The lowest BCUT2D eigenvalue weighted by Crippen LogP contribution is -2.58. The molecule has 0 atom stereocenters. The Kier molecular flexibility index (Phi) is 19.3. The van der Waals surface area contributed by atoms with Gasteiger partial charge in [-0.1, -0.05) is 29.3 Å². The molecule has 0 saturated carbocycles. The van der Waals surface area contributed by atoms with Gasteiger partial charge in [0.15, 0.2) is 0 Å². The molecule has 6 rings (SSSR count). The minimum Gasteiger partial charge on any atom is -0.391 e. The van der Waals surface area contributed by atoms with Crippen LogP contribution in [0.5, 0.6) is 0 Å². The molecule has 0 bridgehead atoms. The fourth-order valence-electron chi connectivity index (χ4n) is 8.30. The summed E-state index contributed by atoms with van der Waals surface area (Å²) in [4.78, 5) is 32.7. The number of nitrogens with one attached hydrogen (secondary N) is 4. The molecule has 4 heterocycles. The van der Waals surface area contributed by atoms with Gasteiger partial charge in [0, 0.05) is 42.2 Å². The lowest BCUT2D eigenvalue weighted by Gasteiger charge is -2.41. The van der Waals surface area contributed by atoms with Gasteiger partial charge in [-0.15, -0.1) is 4.33 Å². The summed E-state index contributed by atoms with van der Waals surface area (Å²) in [6.07, 6.45) is 4.94. The van der Waals surface area contributed by atoms with E-state index in [0.29, 0.717) is 116 Å². The lowest BCUT2D eigenvalue weighted by molar-refractivity contribution is -0.910. The molecule has 2 aliphatic rings. The predicted octanol–water partition coefficient (Wildman–Crippen LogP) is 2.92. The molecule has 2 saturated heterocycles. The van der Waals surface area contributed by atoms with Gasteiger partial charge < -0.3 is 59.2 Å². The van der Waals surface area contributed by atoms with Crippen molar-refractivity contribution >= 4 is 81.4 Å². The van der Waals surface area contributed by atoms with E-state index in [0.717, 1.165) is 70.0 Å². The van der Waals surface area contributed by atoms with E-state index < -0.39 is 10.1 Å². The molecule has 26 heteroatoms. The zero-order valence-electron chi connectivity index (χ0n) is 43.0. The summed E-state index contributed by atoms with van der Waals surface area (Å²) in [5.41, 5.74) is 1.60. The van der Waals surface area contributed by atoms with Crippen LogP contribution in [-0.4, -0.2) is 237 Å². The highest BCUT2D eigenvalue weighted by Crippen LogP contribution is 2.32. The maximum absolute atomic E-state index is 13.0. The highest BCUT2D eigenvalue weighted by Gasteiger charge is 2.31. The molecule has 72 heavy (non-hydrogen) atoms. The van der Waals surface area contributed by atoms with Crippen molar-refractivity contribution in [1.29, 1.82) is 0 Å². The quantitative estimate of drug-likeness (QED) is 0.00855. The average molecular weight is 1050 g/mol. The number of aliphatic hydroxyl groups is 2. The summed E-state index contributed by atoms with van der Waals surface area (Å²) in [7, 11) is 12.3. The highest BCUT2D eigenvalue weighted by molar-refractivity contribution is 7.94. The Morgan fingerprint density at radius 2 is 1.10 bits per heavy atom. The van der Waals surface area contributed by atoms with Crippen molar-refractivity contribution in [3.63, 3.8) is 0 Å². The number of nitrogens with zero attached hydrogens (tertiary/aromatic N) is 12. The maximum Gasteiger partial charge on any atom is 0.295 e. The summed E-state index contributed by atoms with van der Waals surface area (Å²) < 4.78 is 44.4. The Morgan fingerprint density at radius 3 is 1.53 bits per heavy atom. The summed E-state index contributed by atoms with van der Waals surface area (Å²) >= 11 is 0.715. The van der Waals surface area contributed by atoms with E-state index in [-0.39, 0.29) is 29.6 Å². The number of piperazine rings is 2. The number of hydrogen-bond acceptors (Lipinski definition) is 20. The van der Waals surface area contributed by atoms with Crippen LogP contribution in [0.4, 0.5) is 47.1 Å². The standard InChI is InChI=1S/C46H74N16O8S2/c1-59(2,3)23-9-17-47-41-51-43(55-45(53-41)57-19-25-61(7,26-20-57)29-31-63)49-37-15-13-35(39(33-37)71-70-69-65)11-12-36-14-16-38(34-40(36)72(66,67)68)50-44-52-42(48-18-10-24-60(4,5)6)54-46(56-44)58-21-27-62(8,28-22-58)30-32-64/h11-16,33-34,63-64H,9-10,17-32H2,1-8H3,(H4-2,47,48,49,50,51,52,53,54,55,56,65,66,67,68)/q+2/p+2. The van der Waals surface area contributed by atoms with Gasteiger partial charge in [-0.25, -0.2) is 5.26 Å². The molecular formula is C46H76N16O8S2+4. The van der Waals surface area contributed by atoms with Crippen LogP contribution in [0.3, 0.4) is 0 Å². The molecule has 24 nitrogen and oxygen atoms in total. The molecule has 0 unspecified atom stereocenters. The topological polar surface area (TPSA) is 265 Å². The van der Waals surface area contributed by atoms with Crippen molar-refractivity contribution in [2.45, 2.75) is 22.6 Å². The Hall–Kier alpha value is -5.10. The fourth-order valence-corrected chi connectivity index (χ4v) is 9.52. The Bertz CT molecular complexity index is 2550. The first-order chi connectivity index (χ1) is 34.0. The molecule has 2 aromatic carbocycles. The number of rotatable bonds is 26. The molecule has 396 valence electrons. The largest absolute Gasteiger partial charge is 0.391 e. The van der Waals surface area contributed by atoms with Crippen LogP contribution in [0.15, 0.2) is 46.2 Å². The SMILES string of the molecule is C[N+](C)(C)CCCNc1nc(Nc2ccc(C=Cc3ccc(Nc4nc(NCCC[N+](C)(C)C)nc(N5CC[N+](C)(CCO)CC5)n4)cc3S(=O)(=O)O)c(SOOO)c2)nc(N2CC[N+](C)(CCO)CC2)n1. The van der Waals surface area contributed by atoms with Crippen molar-refractivity contribution in [3.05, 3.63) is 47.5 Å². The van der Waals surface area contributed by atoms with E-state index in [9.17, 15) is 23.2 Å². The summed E-state index contributed by atoms with van der Waals surface area (Å²) in [5.74, 6) is 2.23. The second-order valence-electron chi connectivity index (χ2n) is 20.9. The Balaban J connectivity index is 1.24. The van der Waals surface area contributed by atoms with Gasteiger partial charge in [-0.2, -0.15) is 38.3 Å². The first kappa shape index (κ1) is 56.2. The molecule has 2 fully saturated rings. The van der Waals surface area contributed by atoms with E-state index in [1.807, 2.05) is 0 Å². The maximum atomic E-state index is 13.0. The van der Waals surface area contributed by atoms with Crippen LogP contribution in [0, 0.1) is 0 Å². The van der Waals surface area contributed by atoms with Gasteiger partial charge in [-0.3, -0.25) is 4.55 Å². The van der Waals surface area contributed by atoms with E-state index in [1.165, 1.54) is 12.1 Å². The Morgan fingerprint density at radius 1 is 0.667 bits per heavy atom. The number of likely N-dealkylation sites (N-methyl/N-ethyl adjacent to an activating group) is 2.